The van der Waals surface area contributed by atoms with Gasteiger partial charge in [0.2, 0.25) is 0 Å². The largest absolute Gasteiger partial charge is 0.309 e. The third-order valence-corrected chi connectivity index (χ3v) is 5.78. The first kappa shape index (κ1) is 16.2. The second kappa shape index (κ2) is 6.20. The Morgan fingerprint density at radius 3 is 2.84 bits per heavy atom. The van der Waals surface area contributed by atoms with Crippen LogP contribution >= 0.6 is 11.3 Å². The average Bonchev–Trinajstić information content (AvgIpc) is 3.21. The smallest absolute Gasteiger partial charge is 0.158 e. The number of nitrogens with zero attached hydrogens (tertiary/aromatic N) is 3. The van der Waals surface area contributed by atoms with Crippen molar-refractivity contribution in [3.63, 3.8) is 0 Å². The highest BCUT2D eigenvalue weighted by atomic mass is 32.1. The van der Waals surface area contributed by atoms with Gasteiger partial charge in [0, 0.05) is 18.0 Å². The van der Waals surface area contributed by atoms with E-state index in [2.05, 4.69) is 70.8 Å². The predicted molar refractivity (Wildman–Crippen MR) is 104 cm³/mol. The lowest BCUT2D eigenvalue weighted by molar-refractivity contribution is 0.604. The summed E-state index contributed by atoms with van der Waals surface area (Å²) in [5, 5.41) is 8.75. The zero-order valence-corrected chi connectivity index (χ0v) is 15.4. The molecule has 1 aromatic carbocycles. The fourth-order valence-corrected chi connectivity index (χ4v) is 3.93. The standard InChI is InChI=1S/C19H21N5S/c1-19(2,3)16-7-15-17(21-11-22-18(15)25-16)24-23-8-12-4-5-13-9-20-10-14(13)6-12/h4-8,11,20H,9-10H2,1-3H3,(H,21,22,24)/b23-8+. The van der Waals surface area contributed by atoms with Gasteiger partial charge < -0.3 is 5.32 Å². The molecule has 25 heavy (non-hydrogen) atoms. The van der Waals surface area contributed by atoms with Crippen molar-refractivity contribution >= 4 is 33.6 Å². The number of hydrogen-bond donors (Lipinski definition) is 2. The van der Waals surface area contributed by atoms with Gasteiger partial charge in [0.15, 0.2) is 5.82 Å². The number of thiophene rings is 1. The van der Waals surface area contributed by atoms with E-state index in [1.165, 1.54) is 16.0 Å². The number of benzene rings is 1. The van der Waals surface area contributed by atoms with Crippen molar-refractivity contribution in [1.29, 1.82) is 0 Å². The Hall–Kier alpha value is -2.31. The molecule has 3 heterocycles. The zero-order valence-electron chi connectivity index (χ0n) is 14.6. The average molecular weight is 351 g/mol. The molecule has 5 nitrogen and oxygen atoms in total. The van der Waals surface area contributed by atoms with Crippen LogP contribution in [0.1, 0.15) is 42.3 Å². The van der Waals surface area contributed by atoms with Gasteiger partial charge in [0.25, 0.3) is 0 Å². The molecule has 3 aromatic rings. The normalized spacial score (nSPS) is 14.4. The van der Waals surface area contributed by atoms with Crippen LogP contribution < -0.4 is 10.7 Å². The molecule has 2 N–H and O–H groups in total. The van der Waals surface area contributed by atoms with Crippen LogP contribution in [-0.2, 0) is 18.5 Å². The lowest BCUT2D eigenvalue weighted by Crippen LogP contribution is -2.07. The zero-order chi connectivity index (χ0) is 17.4. The third-order valence-electron chi connectivity index (χ3n) is 4.31. The van der Waals surface area contributed by atoms with Crippen molar-refractivity contribution in [3.8, 4) is 0 Å². The minimum Gasteiger partial charge on any atom is -0.309 e. The number of rotatable bonds is 3. The molecule has 0 radical (unpaired) electrons. The highest BCUT2D eigenvalue weighted by Crippen LogP contribution is 2.35. The van der Waals surface area contributed by atoms with Gasteiger partial charge in [-0.1, -0.05) is 32.9 Å². The Bertz CT molecular complexity index is 952. The van der Waals surface area contributed by atoms with E-state index in [0.717, 1.165) is 34.7 Å². The molecule has 0 unspecified atom stereocenters. The van der Waals surface area contributed by atoms with Gasteiger partial charge in [-0.15, -0.1) is 11.3 Å². The monoisotopic (exact) mass is 351 g/mol. The Balaban J connectivity index is 1.57. The van der Waals surface area contributed by atoms with E-state index < -0.39 is 0 Å². The van der Waals surface area contributed by atoms with Crippen LogP contribution in [0.5, 0.6) is 0 Å². The molecule has 0 fully saturated rings. The van der Waals surface area contributed by atoms with E-state index in [1.807, 2.05) is 6.21 Å². The van der Waals surface area contributed by atoms with Gasteiger partial charge in [-0.25, -0.2) is 9.97 Å². The van der Waals surface area contributed by atoms with Crippen molar-refractivity contribution in [1.82, 2.24) is 15.3 Å². The molecular weight excluding hydrogens is 330 g/mol. The first-order valence-corrected chi connectivity index (χ1v) is 9.19. The van der Waals surface area contributed by atoms with Gasteiger partial charge in [-0.05, 0) is 34.2 Å². The first-order chi connectivity index (χ1) is 12.0. The first-order valence-electron chi connectivity index (χ1n) is 8.37. The van der Waals surface area contributed by atoms with Crippen molar-refractivity contribution in [2.24, 2.45) is 5.10 Å². The fourth-order valence-electron chi connectivity index (χ4n) is 2.88. The molecule has 6 heteroatoms. The lowest BCUT2D eigenvalue weighted by atomic mass is 9.94. The molecule has 0 aliphatic carbocycles. The maximum absolute atomic E-state index is 4.39. The molecule has 1 aliphatic heterocycles. The van der Waals surface area contributed by atoms with Crippen LogP contribution in [0.3, 0.4) is 0 Å². The Morgan fingerprint density at radius 2 is 2.00 bits per heavy atom. The Labute approximate surface area is 151 Å². The molecule has 2 aromatic heterocycles. The highest BCUT2D eigenvalue weighted by Gasteiger charge is 2.18. The molecule has 0 atom stereocenters. The number of anilines is 1. The van der Waals surface area contributed by atoms with Gasteiger partial charge >= 0.3 is 0 Å². The topological polar surface area (TPSA) is 62.2 Å². The van der Waals surface area contributed by atoms with E-state index in [-0.39, 0.29) is 5.41 Å². The second-order valence-corrected chi connectivity index (χ2v) is 8.33. The SMILES string of the molecule is CC(C)(C)c1cc2c(N/N=C/c3ccc4c(c3)CNC4)ncnc2s1. The molecule has 4 rings (SSSR count). The van der Waals surface area contributed by atoms with E-state index in [0.29, 0.717) is 0 Å². The van der Waals surface area contributed by atoms with Crippen LogP contribution in [0.25, 0.3) is 10.2 Å². The van der Waals surface area contributed by atoms with Crippen LogP contribution in [-0.4, -0.2) is 16.2 Å². The van der Waals surface area contributed by atoms with E-state index in [4.69, 9.17) is 0 Å². The summed E-state index contributed by atoms with van der Waals surface area (Å²) in [6.07, 6.45) is 3.42. The number of aromatic nitrogens is 2. The second-order valence-electron chi connectivity index (χ2n) is 7.30. The summed E-state index contributed by atoms with van der Waals surface area (Å²) >= 11 is 1.71. The van der Waals surface area contributed by atoms with E-state index in [9.17, 15) is 0 Å². The van der Waals surface area contributed by atoms with Crippen molar-refractivity contribution in [3.05, 3.63) is 52.2 Å². The fraction of sp³-hybridized carbons (Fsp3) is 0.316. The molecule has 0 saturated heterocycles. The van der Waals surface area contributed by atoms with Crippen LogP contribution in [0, 0.1) is 0 Å². The van der Waals surface area contributed by atoms with Crippen molar-refractivity contribution in [2.75, 3.05) is 5.43 Å². The van der Waals surface area contributed by atoms with Gasteiger partial charge in [-0.2, -0.15) is 5.10 Å². The van der Waals surface area contributed by atoms with Gasteiger partial charge in [0.1, 0.15) is 11.2 Å². The Morgan fingerprint density at radius 1 is 1.16 bits per heavy atom. The number of hydrogen-bond acceptors (Lipinski definition) is 6. The molecule has 0 amide bonds. The number of hydrazone groups is 1. The summed E-state index contributed by atoms with van der Waals surface area (Å²) in [5.74, 6) is 0.746. The molecule has 1 aliphatic rings. The summed E-state index contributed by atoms with van der Waals surface area (Å²) in [7, 11) is 0. The molecule has 128 valence electrons. The summed E-state index contributed by atoms with van der Waals surface area (Å²) in [6.45, 7) is 8.51. The lowest BCUT2D eigenvalue weighted by Gasteiger charge is -2.14. The van der Waals surface area contributed by atoms with Crippen molar-refractivity contribution < 1.29 is 0 Å². The highest BCUT2D eigenvalue weighted by molar-refractivity contribution is 7.18. The van der Waals surface area contributed by atoms with Crippen LogP contribution in [0.2, 0.25) is 0 Å². The summed E-state index contributed by atoms with van der Waals surface area (Å²) < 4.78 is 0. The molecule has 0 bridgehead atoms. The quantitative estimate of drug-likeness (QED) is 0.552. The summed E-state index contributed by atoms with van der Waals surface area (Å²) in [5.41, 5.74) is 6.98. The van der Waals surface area contributed by atoms with E-state index >= 15 is 0 Å². The molecule has 0 saturated carbocycles. The minimum atomic E-state index is 0.102. The van der Waals surface area contributed by atoms with Gasteiger partial charge in [0.05, 0.1) is 11.6 Å². The van der Waals surface area contributed by atoms with Gasteiger partial charge in [-0.3, -0.25) is 5.43 Å². The molecular formula is C19H21N5S. The molecule has 0 spiro atoms. The summed E-state index contributed by atoms with van der Waals surface area (Å²) in [6, 6.07) is 8.60. The number of fused-ring (bicyclic) bond motifs is 2. The van der Waals surface area contributed by atoms with Crippen molar-refractivity contribution in [2.45, 2.75) is 39.3 Å². The van der Waals surface area contributed by atoms with E-state index in [1.54, 1.807) is 17.7 Å². The maximum atomic E-state index is 4.39. The van der Waals surface area contributed by atoms with Crippen LogP contribution in [0.4, 0.5) is 5.82 Å². The number of nitrogens with one attached hydrogen (secondary N) is 2. The minimum absolute atomic E-state index is 0.102. The Kier molecular flexibility index (Phi) is 4.01. The predicted octanol–water partition coefficient (Wildman–Crippen LogP) is 4.04. The third kappa shape index (κ3) is 3.27. The summed E-state index contributed by atoms with van der Waals surface area (Å²) in [4.78, 5) is 11.0. The maximum Gasteiger partial charge on any atom is 0.158 e. The van der Waals surface area contributed by atoms with Crippen LogP contribution in [0.15, 0.2) is 35.7 Å².